The van der Waals surface area contributed by atoms with E-state index in [0.717, 1.165) is 4.90 Å². The molecule has 0 fully saturated rings. The Hall–Kier alpha value is -3.47. The summed E-state index contributed by atoms with van der Waals surface area (Å²) in [5, 5.41) is 70.5. The van der Waals surface area contributed by atoms with Crippen LogP contribution in [0.2, 0.25) is 0 Å². The van der Waals surface area contributed by atoms with Crippen molar-refractivity contribution in [2.75, 3.05) is 14.1 Å². The molecule has 2 aromatic rings. The van der Waals surface area contributed by atoms with Crippen molar-refractivity contribution < 1.29 is 45.3 Å². The number of benzene rings is 2. The molecule has 0 spiro atoms. The molecule has 1 aliphatic rings. The molecule has 7 N–H and O–H groups in total. The lowest BCUT2D eigenvalue weighted by molar-refractivity contribution is -0.245. The number of nitrogens with zero attached hydrogens (tertiary/aromatic N) is 1. The first kappa shape index (κ1) is 22.2. The Bertz CT molecular complexity index is 1070. The fourth-order valence-corrected chi connectivity index (χ4v) is 3.29. The molecule has 1 heterocycles. The van der Waals surface area contributed by atoms with Crippen LogP contribution in [0.4, 0.5) is 0 Å². The number of aromatic hydroxyl groups is 4. The first-order valence-electron chi connectivity index (χ1n) is 9.23. The van der Waals surface area contributed by atoms with Crippen molar-refractivity contribution in [3.63, 3.8) is 0 Å². The average molecular weight is 433 g/mol. The SMILES string of the molecule is CN(C)C(O)(O)CC=C1c2cc(CC(=O)O)ccc2OCc2c(O)c(O)c(O)c(O)c21. The van der Waals surface area contributed by atoms with Gasteiger partial charge in [-0.2, -0.15) is 0 Å². The zero-order chi connectivity index (χ0) is 23.1. The van der Waals surface area contributed by atoms with Crippen LogP contribution in [-0.4, -0.2) is 66.6 Å². The highest BCUT2D eigenvalue weighted by atomic mass is 16.5. The highest BCUT2D eigenvalue weighted by Gasteiger charge is 2.32. The van der Waals surface area contributed by atoms with Crippen LogP contribution in [0.15, 0.2) is 24.3 Å². The van der Waals surface area contributed by atoms with Gasteiger partial charge in [-0.3, -0.25) is 9.69 Å². The number of carbonyl (C=O) groups is 1. The van der Waals surface area contributed by atoms with E-state index in [1.807, 2.05) is 0 Å². The third-order valence-electron chi connectivity index (χ3n) is 5.12. The van der Waals surface area contributed by atoms with Crippen molar-refractivity contribution in [3.05, 3.63) is 46.5 Å². The summed E-state index contributed by atoms with van der Waals surface area (Å²) >= 11 is 0. The molecule has 10 heteroatoms. The van der Waals surface area contributed by atoms with E-state index in [2.05, 4.69) is 0 Å². The molecule has 3 rings (SSSR count). The monoisotopic (exact) mass is 433 g/mol. The van der Waals surface area contributed by atoms with Crippen LogP contribution in [0.5, 0.6) is 28.7 Å². The predicted octanol–water partition coefficient (Wildman–Crippen LogP) is 1.05. The van der Waals surface area contributed by atoms with Gasteiger partial charge in [0.05, 0.1) is 6.42 Å². The van der Waals surface area contributed by atoms with Gasteiger partial charge in [-0.1, -0.05) is 12.1 Å². The van der Waals surface area contributed by atoms with Crippen LogP contribution >= 0.6 is 0 Å². The summed E-state index contributed by atoms with van der Waals surface area (Å²) < 4.78 is 5.69. The number of phenolic OH excluding ortho intramolecular Hbond substituents is 4. The maximum absolute atomic E-state index is 11.1. The van der Waals surface area contributed by atoms with Gasteiger partial charge in [-0.15, -0.1) is 0 Å². The van der Waals surface area contributed by atoms with Gasteiger partial charge in [-0.05, 0) is 37.4 Å². The van der Waals surface area contributed by atoms with Gasteiger partial charge >= 0.3 is 5.97 Å². The van der Waals surface area contributed by atoms with Crippen LogP contribution in [-0.2, 0) is 17.8 Å². The Kier molecular flexibility index (Phi) is 5.72. The summed E-state index contributed by atoms with van der Waals surface area (Å²) in [5.74, 6) is -6.41. The zero-order valence-electron chi connectivity index (χ0n) is 16.8. The Morgan fingerprint density at radius 1 is 1.10 bits per heavy atom. The van der Waals surface area contributed by atoms with Crippen LogP contribution in [0.3, 0.4) is 0 Å². The molecule has 2 aromatic carbocycles. The van der Waals surface area contributed by atoms with Gasteiger partial charge in [0.1, 0.15) is 12.4 Å². The largest absolute Gasteiger partial charge is 0.504 e. The Labute approximate surface area is 177 Å². The number of hydrogen-bond acceptors (Lipinski definition) is 9. The van der Waals surface area contributed by atoms with E-state index < -0.39 is 34.9 Å². The third-order valence-corrected chi connectivity index (χ3v) is 5.12. The van der Waals surface area contributed by atoms with E-state index >= 15 is 0 Å². The average Bonchev–Trinajstić information content (AvgIpc) is 2.85. The predicted molar refractivity (Wildman–Crippen MR) is 108 cm³/mol. The lowest BCUT2D eigenvalue weighted by Gasteiger charge is -2.28. The first-order chi connectivity index (χ1) is 14.4. The maximum atomic E-state index is 11.1. The van der Waals surface area contributed by atoms with Crippen LogP contribution < -0.4 is 4.74 Å². The Morgan fingerprint density at radius 3 is 2.35 bits per heavy atom. The number of carboxylic acid groups (broad SMARTS) is 1. The van der Waals surface area contributed by atoms with Crippen LogP contribution in [0, 0.1) is 0 Å². The second-order valence-electron chi connectivity index (χ2n) is 7.43. The van der Waals surface area contributed by atoms with Crippen LogP contribution in [0.25, 0.3) is 5.57 Å². The molecule has 1 aliphatic heterocycles. The van der Waals surface area contributed by atoms with E-state index in [1.165, 1.54) is 38.4 Å². The minimum absolute atomic E-state index is 0.0404. The molecule has 0 radical (unpaired) electrons. The molecular weight excluding hydrogens is 410 g/mol. The van der Waals surface area contributed by atoms with Gasteiger partial charge in [0.2, 0.25) is 17.4 Å². The molecule has 0 saturated carbocycles. The number of phenols is 4. The minimum Gasteiger partial charge on any atom is -0.504 e. The van der Waals surface area contributed by atoms with Crippen LogP contribution in [0.1, 0.15) is 28.7 Å². The summed E-state index contributed by atoms with van der Waals surface area (Å²) in [6.45, 7) is -0.289. The Morgan fingerprint density at radius 2 is 1.74 bits per heavy atom. The zero-order valence-corrected chi connectivity index (χ0v) is 16.8. The normalized spacial score (nSPS) is 14.7. The second-order valence-corrected chi connectivity index (χ2v) is 7.43. The molecule has 0 saturated heterocycles. The fraction of sp³-hybridized carbons (Fsp3) is 0.286. The molecule has 0 amide bonds. The third kappa shape index (κ3) is 4.08. The van der Waals surface area contributed by atoms with E-state index in [9.17, 15) is 35.4 Å². The van der Waals surface area contributed by atoms with Crippen molar-refractivity contribution in [1.29, 1.82) is 0 Å². The number of fused-ring (bicyclic) bond motifs is 2. The number of rotatable bonds is 5. The summed E-state index contributed by atoms with van der Waals surface area (Å²) in [6, 6.07) is 4.55. The molecule has 0 bridgehead atoms. The Balaban J connectivity index is 2.30. The number of carboxylic acids is 1. The van der Waals surface area contributed by atoms with E-state index in [0.29, 0.717) is 11.1 Å². The van der Waals surface area contributed by atoms with Gasteiger partial charge in [-0.25, -0.2) is 0 Å². The number of aliphatic carboxylic acids is 1. The van der Waals surface area contributed by atoms with Gasteiger partial charge < -0.3 is 40.5 Å². The summed E-state index contributed by atoms with van der Waals surface area (Å²) in [6.07, 6.45) is 0.693. The molecule has 10 nitrogen and oxygen atoms in total. The van der Waals surface area contributed by atoms with Crippen molar-refractivity contribution in [3.8, 4) is 28.7 Å². The standard InChI is InChI=1S/C21H23NO9/c1-22(2)21(29,30)6-5-11-12-7-10(8-15(23)24)3-4-14(12)31-9-13-16(11)18(26)20(28)19(27)17(13)25/h3-5,7,25-30H,6,8-9H2,1-2H3,(H,23,24). The maximum Gasteiger partial charge on any atom is 0.307 e. The summed E-state index contributed by atoms with van der Waals surface area (Å²) in [7, 11) is 2.88. The van der Waals surface area contributed by atoms with Gasteiger partial charge in [0.15, 0.2) is 11.5 Å². The van der Waals surface area contributed by atoms with E-state index in [-0.39, 0.29) is 41.9 Å². The molecule has 0 aromatic heterocycles. The van der Waals surface area contributed by atoms with Crippen molar-refractivity contribution in [2.24, 2.45) is 0 Å². The molecule has 0 unspecified atom stereocenters. The number of aliphatic hydroxyl groups is 2. The van der Waals surface area contributed by atoms with Crippen molar-refractivity contribution in [2.45, 2.75) is 25.4 Å². The molecule has 0 atom stereocenters. The van der Waals surface area contributed by atoms with E-state index in [1.54, 1.807) is 0 Å². The van der Waals surface area contributed by atoms with Crippen molar-refractivity contribution in [1.82, 2.24) is 4.90 Å². The molecular formula is C21H23NO9. The minimum atomic E-state index is -2.27. The number of hydrogen-bond donors (Lipinski definition) is 7. The molecule has 31 heavy (non-hydrogen) atoms. The number of ether oxygens (including phenoxy) is 1. The lowest BCUT2D eigenvalue weighted by atomic mass is 9.90. The first-order valence-corrected chi connectivity index (χ1v) is 9.23. The fourth-order valence-electron chi connectivity index (χ4n) is 3.29. The molecule has 0 aliphatic carbocycles. The summed E-state index contributed by atoms with van der Waals surface area (Å²) in [4.78, 5) is 12.3. The summed E-state index contributed by atoms with van der Waals surface area (Å²) in [5.41, 5.74) is 0.719. The van der Waals surface area contributed by atoms with Gasteiger partial charge in [0, 0.05) is 23.1 Å². The highest BCUT2D eigenvalue weighted by Crippen LogP contribution is 2.53. The highest BCUT2D eigenvalue weighted by molar-refractivity contribution is 5.91. The van der Waals surface area contributed by atoms with E-state index in [4.69, 9.17) is 9.84 Å². The molecule has 166 valence electrons. The second kappa shape index (κ2) is 7.99. The van der Waals surface area contributed by atoms with Gasteiger partial charge in [0.25, 0.3) is 0 Å². The topological polar surface area (TPSA) is 171 Å². The lowest BCUT2D eigenvalue weighted by Crippen LogP contribution is -2.43. The quantitative estimate of drug-likeness (QED) is 0.205. The smallest absolute Gasteiger partial charge is 0.307 e. The van der Waals surface area contributed by atoms with Crippen molar-refractivity contribution >= 4 is 11.5 Å².